The van der Waals surface area contributed by atoms with E-state index >= 15 is 0 Å². The number of amides is 1. The smallest absolute Gasteiger partial charge is 0.415 e. The fraction of sp³-hybridized carbons (Fsp3) is 0.211. The monoisotopic (exact) mass is 402 g/mol. The minimum Gasteiger partial charge on any atom is -0.447 e. The normalized spacial score (nSPS) is 15.0. The molecule has 1 amide bonds. The molecule has 0 radical (unpaired) electrons. The molecule has 28 heavy (non-hydrogen) atoms. The third-order valence-electron chi connectivity index (χ3n) is 4.48. The lowest BCUT2D eigenvalue weighted by atomic mass is 10.1. The molecule has 144 valence electrons. The number of rotatable bonds is 4. The first-order valence-corrected chi connectivity index (χ1v) is 8.99. The van der Waals surface area contributed by atoms with E-state index in [0.717, 1.165) is 11.5 Å². The molecule has 2 aromatic heterocycles. The SMILES string of the molecule is C[C@H](Nc1cc(F)cc(N2CCOC2=O)n1)c1cc2cc(Cl)ccc2[nH]c1=O. The number of aromatic nitrogens is 2. The van der Waals surface area contributed by atoms with Gasteiger partial charge in [0, 0.05) is 33.6 Å². The number of pyridine rings is 2. The van der Waals surface area contributed by atoms with E-state index in [1.165, 1.54) is 11.0 Å². The van der Waals surface area contributed by atoms with Gasteiger partial charge in [0.2, 0.25) is 0 Å². The summed E-state index contributed by atoms with van der Waals surface area (Å²) in [4.78, 5) is 32.5. The molecule has 0 aliphatic carbocycles. The van der Waals surface area contributed by atoms with Crippen molar-refractivity contribution in [2.45, 2.75) is 13.0 Å². The Hall–Kier alpha value is -3.13. The van der Waals surface area contributed by atoms with Crippen LogP contribution in [-0.4, -0.2) is 29.2 Å². The summed E-state index contributed by atoms with van der Waals surface area (Å²) < 4.78 is 18.9. The summed E-state index contributed by atoms with van der Waals surface area (Å²) in [7, 11) is 0. The van der Waals surface area contributed by atoms with Gasteiger partial charge in [0.1, 0.15) is 24.1 Å². The van der Waals surface area contributed by atoms with Gasteiger partial charge in [0.15, 0.2) is 0 Å². The molecule has 0 saturated carbocycles. The van der Waals surface area contributed by atoms with E-state index in [-0.39, 0.29) is 23.8 Å². The Labute approximate surface area is 164 Å². The van der Waals surface area contributed by atoms with Crippen molar-refractivity contribution in [1.82, 2.24) is 9.97 Å². The van der Waals surface area contributed by atoms with Crippen LogP contribution >= 0.6 is 11.6 Å². The van der Waals surface area contributed by atoms with Crippen LogP contribution in [0.2, 0.25) is 5.02 Å². The summed E-state index contributed by atoms with van der Waals surface area (Å²) in [6, 6.07) is 8.80. The molecule has 2 N–H and O–H groups in total. The number of halogens is 2. The molecule has 1 fully saturated rings. The zero-order valence-electron chi connectivity index (χ0n) is 14.8. The number of nitrogens with zero attached hydrogens (tertiary/aromatic N) is 2. The van der Waals surface area contributed by atoms with Crippen molar-refractivity contribution in [3.8, 4) is 0 Å². The second-order valence-corrected chi connectivity index (χ2v) is 6.88. The topological polar surface area (TPSA) is 87.3 Å². The maximum atomic E-state index is 14.1. The second-order valence-electron chi connectivity index (χ2n) is 6.45. The van der Waals surface area contributed by atoms with Crippen LogP contribution in [0.25, 0.3) is 10.9 Å². The summed E-state index contributed by atoms with van der Waals surface area (Å²) in [6.07, 6.45) is -0.569. The van der Waals surface area contributed by atoms with E-state index in [9.17, 15) is 14.0 Å². The van der Waals surface area contributed by atoms with Gasteiger partial charge in [-0.25, -0.2) is 14.2 Å². The molecule has 3 heterocycles. The number of carbonyl (C=O) groups excluding carboxylic acids is 1. The van der Waals surface area contributed by atoms with Crippen molar-refractivity contribution < 1.29 is 13.9 Å². The Bertz CT molecular complexity index is 1130. The number of fused-ring (bicyclic) bond motifs is 1. The van der Waals surface area contributed by atoms with E-state index in [2.05, 4.69) is 15.3 Å². The Morgan fingerprint density at radius 1 is 1.29 bits per heavy atom. The van der Waals surface area contributed by atoms with E-state index in [1.54, 1.807) is 31.2 Å². The highest BCUT2D eigenvalue weighted by Crippen LogP contribution is 2.24. The van der Waals surface area contributed by atoms with Crippen LogP contribution < -0.4 is 15.8 Å². The lowest BCUT2D eigenvalue weighted by Crippen LogP contribution is -2.25. The quantitative estimate of drug-likeness (QED) is 0.692. The summed E-state index contributed by atoms with van der Waals surface area (Å²) in [5.74, 6) is -0.206. The second kappa shape index (κ2) is 7.12. The molecule has 0 spiro atoms. The van der Waals surface area contributed by atoms with Crippen LogP contribution in [0, 0.1) is 5.82 Å². The van der Waals surface area contributed by atoms with Crippen LogP contribution in [-0.2, 0) is 4.74 Å². The first-order chi connectivity index (χ1) is 13.4. The molecule has 1 saturated heterocycles. The number of carbonyl (C=O) groups is 1. The standard InChI is InChI=1S/C19H16ClFN4O3/c1-10(14-7-11-6-12(20)2-3-15(11)23-18(14)26)22-16-8-13(21)9-17(24-16)25-4-5-28-19(25)27/h2-3,6-10H,4-5H2,1H3,(H,22,24)(H,23,26)/t10-/m0/s1. The van der Waals surface area contributed by atoms with Gasteiger partial charge in [0.25, 0.3) is 5.56 Å². The Morgan fingerprint density at radius 3 is 2.86 bits per heavy atom. The van der Waals surface area contributed by atoms with Gasteiger partial charge in [-0.15, -0.1) is 0 Å². The highest BCUT2D eigenvalue weighted by Gasteiger charge is 2.25. The number of aromatic amines is 1. The number of cyclic esters (lactones) is 1. The number of anilines is 2. The van der Waals surface area contributed by atoms with Crippen molar-refractivity contribution in [2.75, 3.05) is 23.4 Å². The Kier molecular flexibility index (Phi) is 4.64. The molecule has 3 aromatic rings. The molecule has 9 heteroatoms. The van der Waals surface area contributed by atoms with Gasteiger partial charge < -0.3 is 15.0 Å². The Morgan fingerprint density at radius 2 is 2.11 bits per heavy atom. The fourth-order valence-electron chi connectivity index (χ4n) is 3.11. The van der Waals surface area contributed by atoms with Crippen molar-refractivity contribution >= 4 is 40.2 Å². The summed E-state index contributed by atoms with van der Waals surface area (Å²) in [6.45, 7) is 2.29. The fourth-order valence-corrected chi connectivity index (χ4v) is 3.29. The molecule has 1 aliphatic heterocycles. The van der Waals surface area contributed by atoms with Crippen LogP contribution in [0.1, 0.15) is 18.5 Å². The number of H-pyrrole nitrogens is 1. The highest BCUT2D eigenvalue weighted by atomic mass is 35.5. The van der Waals surface area contributed by atoms with Gasteiger partial charge in [-0.3, -0.25) is 9.69 Å². The van der Waals surface area contributed by atoms with Crippen LogP contribution in [0.15, 0.2) is 41.2 Å². The van der Waals surface area contributed by atoms with Gasteiger partial charge >= 0.3 is 6.09 Å². The molecule has 1 aromatic carbocycles. The largest absolute Gasteiger partial charge is 0.447 e. The summed E-state index contributed by atoms with van der Waals surface area (Å²) in [5.41, 5.74) is 0.849. The van der Waals surface area contributed by atoms with Crippen molar-refractivity contribution in [3.63, 3.8) is 0 Å². The molecule has 1 aliphatic rings. The van der Waals surface area contributed by atoms with Crippen LogP contribution in [0.3, 0.4) is 0 Å². The van der Waals surface area contributed by atoms with Gasteiger partial charge in [-0.2, -0.15) is 0 Å². The minimum atomic E-state index is -0.569. The summed E-state index contributed by atoms with van der Waals surface area (Å²) >= 11 is 6.03. The number of benzene rings is 1. The first kappa shape index (κ1) is 18.2. The highest BCUT2D eigenvalue weighted by molar-refractivity contribution is 6.31. The number of hydrogen-bond donors (Lipinski definition) is 2. The van der Waals surface area contributed by atoms with Crippen molar-refractivity contribution in [2.24, 2.45) is 0 Å². The van der Waals surface area contributed by atoms with Gasteiger partial charge in [-0.05, 0) is 31.2 Å². The third-order valence-corrected chi connectivity index (χ3v) is 4.71. The lowest BCUT2D eigenvalue weighted by molar-refractivity contribution is 0.181. The Balaban J connectivity index is 1.65. The molecule has 1 atom stereocenters. The molecular formula is C19H16ClFN4O3. The van der Waals surface area contributed by atoms with E-state index in [0.29, 0.717) is 22.6 Å². The first-order valence-electron chi connectivity index (χ1n) is 8.61. The van der Waals surface area contributed by atoms with Crippen molar-refractivity contribution in [3.05, 3.63) is 63.2 Å². The van der Waals surface area contributed by atoms with E-state index in [1.807, 2.05) is 0 Å². The predicted molar refractivity (Wildman–Crippen MR) is 105 cm³/mol. The average molecular weight is 403 g/mol. The predicted octanol–water partition coefficient (Wildman–Crippen LogP) is 3.85. The maximum Gasteiger partial charge on any atom is 0.415 e. The average Bonchev–Trinajstić information content (AvgIpc) is 3.07. The molecule has 7 nitrogen and oxygen atoms in total. The third kappa shape index (κ3) is 3.50. The number of nitrogens with one attached hydrogen (secondary N) is 2. The van der Waals surface area contributed by atoms with Crippen molar-refractivity contribution in [1.29, 1.82) is 0 Å². The van der Waals surface area contributed by atoms with Gasteiger partial charge in [0.05, 0.1) is 12.6 Å². The van der Waals surface area contributed by atoms with Crippen LogP contribution in [0.5, 0.6) is 0 Å². The van der Waals surface area contributed by atoms with E-state index in [4.69, 9.17) is 16.3 Å². The van der Waals surface area contributed by atoms with Crippen LogP contribution in [0.4, 0.5) is 20.8 Å². The molecule has 0 bridgehead atoms. The molecule has 4 rings (SSSR count). The molecule has 0 unspecified atom stereocenters. The number of hydrogen-bond acceptors (Lipinski definition) is 5. The zero-order chi connectivity index (χ0) is 19.8. The minimum absolute atomic E-state index is 0.149. The van der Waals surface area contributed by atoms with E-state index < -0.39 is 18.0 Å². The van der Waals surface area contributed by atoms with Gasteiger partial charge in [-0.1, -0.05) is 11.6 Å². The zero-order valence-corrected chi connectivity index (χ0v) is 15.6. The maximum absolute atomic E-state index is 14.1. The summed E-state index contributed by atoms with van der Waals surface area (Å²) in [5, 5.41) is 4.35. The lowest BCUT2D eigenvalue weighted by Gasteiger charge is -2.17. The number of ether oxygens (including phenoxy) is 1. The molecular weight excluding hydrogens is 387 g/mol.